The molecule has 3 amide bonds. The minimum absolute atomic E-state index is 0.0243. The van der Waals surface area contributed by atoms with E-state index >= 15 is 0 Å². The van der Waals surface area contributed by atoms with Crippen molar-refractivity contribution in [3.63, 3.8) is 0 Å². The molecule has 1 aliphatic rings. The number of rotatable bonds is 5. The Morgan fingerprint density at radius 2 is 1.96 bits per heavy atom. The molecule has 0 saturated heterocycles. The molecule has 0 saturated carbocycles. The van der Waals surface area contributed by atoms with E-state index in [4.69, 9.17) is 0 Å². The minimum Gasteiger partial charge on any atom is -0.329 e. The molecule has 2 N–H and O–H groups in total. The monoisotopic (exact) mass is 379 g/mol. The van der Waals surface area contributed by atoms with Crippen molar-refractivity contribution >= 4 is 17.8 Å². The first kappa shape index (κ1) is 18.1. The zero-order valence-electron chi connectivity index (χ0n) is 16.1. The number of carbonyl (C=O) groups excluding carboxylic acids is 2. The lowest BCUT2D eigenvalue weighted by Gasteiger charge is -2.36. The number of H-pyrrole nitrogens is 1. The third kappa shape index (κ3) is 2.82. The van der Waals surface area contributed by atoms with Gasteiger partial charge >= 0.3 is 6.03 Å². The molecule has 2 unspecified atom stereocenters. The van der Waals surface area contributed by atoms with Gasteiger partial charge in [-0.3, -0.25) is 9.48 Å². The second-order valence-corrected chi connectivity index (χ2v) is 7.29. The standard InChI is InChI=1S/C20H22N6O2/c1-4-13(2)26(3)18-16(19(27)24-20(26)28)22-17(23-18)15-10-21-25(12-15)11-14-8-6-5-7-9-14/h5-10,12-13H,4,11H2,1-3H3,(H-,22,23,24,27,28)/p+1. The lowest BCUT2D eigenvalue weighted by atomic mass is 10.1. The normalized spacial score (nSPS) is 20.0. The third-order valence-corrected chi connectivity index (χ3v) is 5.56. The molecule has 0 radical (unpaired) electrons. The lowest BCUT2D eigenvalue weighted by Crippen LogP contribution is -2.65. The van der Waals surface area contributed by atoms with Crippen molar-refractivity contribution in [2.75, 3.05) is 7.05 Å². The molecule has 2 atom stereocenters. The molecule has 2 aromatic heterocycles. The van der Waals surface area contributed by atoms with Crippen LogP contribution in [-0.4, -0.2) is 44.8 Å². The van der Waals surface area contributed by atoms with Crippen molar-refractivity contribution in [1.82, 2.24) is 29.5 Å². The highest BCUT2D eigenvalue weighted by Gasteiger charge is 2.50. The molecule has 8 nitrogen and oxygen atoms in total. The number of benzene rings is 1. The van der Waals surface area contributed by atoms with Crippen LogP contribution in [0.4, 0.5) is 10.6 Å². The Morgan fingerprint density at radius 3 is 2.68 bits per heavy atom. The number of urea groups is 1. The van der Waals surface area contributed by atoms with Crippen molar-refractivity contribution in [2.24, 2.45) is 0 Å². The highest BCUT2D eigenvalue weighted by molar-refractivity contribution is 6.13. The van der Waals surface area contributed by atoms with Crippen LogP contribution < -0.4 is 9.80 Å². The van der Waals surface area contributed by atoms with Crippen LogP contribution in [0.1, 0.15) is 36.3 Å². The maximum atomic E-state index is 12.6. The maximum absolute atomic E-state index is 12.6. The molecule has 1 aromatic carbocycles. The fourth-order valence-electron chi connectivity index (χ4n) is 3.48. The van der Waals surface area contributed by atoms with Crippen molar-refractivity contribution in [2.45, 2.75) is 32.9 Å². The van der Waals surface area contributed by atoms with Gasteiger partial charge in [0.25, 0.3) is 11.7 Å². The van der Waals surface area contributed by atoms with Crippen molar-refractivity contribution in [3.8, 4) is 11.4 Å². The highest BCUT2D eigenvalue weighted by atomic mass is 16.2. The Kier molecular flexibility index (Phi) is 4.35. The Morgan fingerprint density at radius 1 is 1.21 bits per heavy atom. The molecule has 0 bridgehead atoms. The zero-order chi connectivity index (χ0) is 19.9. The van der Waals surface area contributed by atoms with Crippen LogP contribution in [-0.2, 0) is 6.54 Å². The number of amides is 3. The molecule has 4 rings (SSSR count). The number of aromatic nitrogens is 4. The average Bonchev–Trinajstić information content (AvgIpc) is 3.34. The van der Waals surface area contributed by atoms with Gasteiger partial charge in [0.15, 0.2) is 5.69 Å². The van der Waals surface area contributed by atoms with Crippen LogP contribution in [0, 0.1) is 0 Å². The lowest BCUT2D eigenvalue weighted by molar-refractivity contribution is 0.0926. The number of fused-ring (bicyclic) bond motifs is 1. The Labute approximate surface area is 162 Å². The second kappa shape index (κ2) is 6.72. The summed E-state index contributed by atoms with van der Waals surface area (Å²) in [5.41, 5.74) is 2.23. The van der Waals surface area contributed by atoms with Gasteiger partial charge in [-0.05, 0) is 18.9 Å². The van der Waals surface area contributed by atoms with Gasteiger partial charge in [0.1, 0.15) is 11.9 Å². The van der Waals surface area contributed by atoms with Gasteiger partial charge in [0, 0.05) is 6.20 Å². The predicted octanol–water partition coefficient (Wildman–Crippen LogP) is 2.92. The van der Waals surface area contributed by atoms with Crippen LogP contribution in [0.25, 0.3) is 11.4 Å². The van der Waals surface area contributed by atoms with Crippen molar-refractivity contribution in [1.29, 1.82) is 0 Å². The van der Waals surface area contributed by atoms with Crippen LogP contribution in [0.15, 0.2) is 42.7 Å². The second-order valence-electron chi connectivity index (χ2n) is 7.29. The maximum Gasteiger partial charge on any atom is 0.429 e. The van der Waals surface area contributed by atoms with Crippen molar-refractivity contribution < 1.29 is 9.59 Å². The van der Waals surface area contributed by atoms with Crippen molar-refractivity contribution in [3.05, 3.63) is 54.0 Å². The summed E-state index contributed by atoms with van der Waals surface area (Å²) >= 11 is 0. The number of nitrogens with one attached hydrogen (secondary N) is 2. The van der Waals surface area contributed by atoms with E-state index in [9.17, 15) is 9.59 Å². The molecule has 144 valence electrons. The number of carbonyl (C=O) groups is 2. The van der Waals surface area contributed by atoms with Gasteiger partial charge in [-0.1, -0.05) is 37.3 Å². The van der Waals surface area contributed by atoms with Gasteiger partial charge in [0.2, 0.25) is 0 Å². The fourth-order valence-corrected chi connectivity index (χ4v) is 3.48. The van der Waals surface area contributed by atoms with Crippen LogP contribution >= 0.6 is 0 Å². The third-order valence-electron chi connectivity index (χ3n) is 5.56. The molecule has 0 spiro atoms. The smallest absolute Gasteiger partial charge is 0.329 e. The number of aromatic amines is 1. The number of quaternary nitrogens is 1. The van der Waals surface area contributed by atoms with E-state index in [1.54, 1.807) is 13.2 Å². The van der Waals surface area contributed by atoms with E-state index in [0.717, 1.165) is 17.5 Å². The Bertz CT molecular complexity index is 1040. The summed E-state index contributed by atoms with van der Waals surface area (Å²) in [6, 6.07) is 9.65. The average molecular weight is 379 g/mol. The summed E-state index contributed by atoms with van der Waals surface area (Å²) in [6.07, 6.45) is 4.36. The summed E-state index contributed by atoms with van der Waals surface area (Å²) in [7, 11) is 1.79. The van der Waals surface area contributed by atoms with Crippen LogP contribution in [0.3, 0.4) is 0 Å². The van der Waals surface area contributed by atoms with Gasteiger partial charge in [-0.2, -0.15) is 14.6 Å². The highest BCUT2D eigenvalue weighted by Crippen LogP contribution is 2.33. The number of imide groups is 1. The molecule has 3 aromatic rings. The van der Waals surface area contributed by atoms with E-state index in [1.807, 2.05) is 55.1 Å². The number of imidazole rings is 1. The number of nitrogens with zero attached hydrogens (tertiary/aromatic N) is 4. The first-order valence-electron chi connectivity index (χ1n) is 9.33. The quantitative estimate of drug-likeness (QED) is 0.667. The van der Waals surface area contributed by atoms with E-state index in [2.05, 4.69) is 20.4 Å². The molecular formula is C20H23N6O2+. The zero-order valence-corrected chi connectivity index (χ0v) is 16.1. The Hall–Kier alpha value is -3.26. The minimum atomic E-state index is -0.450. The van der Waals surface area contributed by atoms with Crippen LogP contribution in [0.5, 0.6) is 0 Å². The largest absolute Gasteiger partial charge is 0.429 e. The molecule has 0 fully saturated rings. The van der Waals surface area contributed by atoms with Gasteiger partial charge in [0.05, 0.1) is 25.4 Å². The van der Waals surface area contributed by atoms with E-state index in [1.165, 1.54) is 0 Å². The summed E-state index contributed by atoms with van der Waals surface area (Å²) in [4.78, 5) is 32.7. The summed E-state index contributed by atoms with van der Waals surface area (Å²) in [5.74, 6) is 0.532. The van der Waals surface area contributed by atoms with E-state index in [0.29, 0.717) is 23.9 Å². The summed E-state index contributed by atoms with van der Waals surface area (Å²) in [5, 5.41) is 6.85. The van der Waals surface area contributed by atoms with Gasteiger partial charge in [-0.15, -0.1) is 0 Å². The predicted molar refractivity (Wildman–Crippen MR) is 106 cm³/mol. The first-order chi connectivity index (χ1) is 13.4. The SMILES string of the molecule is CCC(C)[N+]1(C)C(=O)NC(=O)c2[nH]c(-c3cnn(Cc4ccccc4)c3)nc21. The molecule has 1 aliphatic heterocycles. The van der Waals surface area contributed by atoms with Gasteiger partial charge in [-0.25, -0.2) is 10.1 Å². The molecular weight excluding hydrogens is 356 g/mol. The number of hydrogen-bond donors (Lipinski definition) is 2. The Balaban J connectivity index is 1.70. The fraction of sp³-hybridized carbons (Fsp3) is 0.300. The summed E-state index contributed by atoms with van der Waals surface area (Å²) in [6.45, 7) is 4.63. The van der Waals surface area contributed by atoms with E-state index in [-0.39, 0.29) is 16.6 Å². The summed E-state index contributed by atoms with van der Waals surface area (Å²) < 4.78 is 1.76. The first-order valence-corrected chi connectivity index (χ1v) is 9.33. The van der Waals surface area contributed by atoms with E-state index < -0.39 is 5.91 Å². The molecule has 0 aliphatic carbocycles. The topological polar surface area (TPSA) is 92.7 Å². The van der Waals surface area contributed by atoms with Crippen LogP contribution in [0.2, 0.25) is 0 Å². The molecule has 28 heavy (non-hydrogen) atoms. The molecule has 8 heteroatoms. The number of hydrogen-bond acceptors (Lipinski definition) is 4. The van der Waals surface area contributed by atoms with Gasteiger partial charge < -0.3 is 4.98 Å². The molecule has 3 heterocycles.